The van der Waals surface area contributed by atoms with Gasteiger partial charge >= 0.3 is 11.9 Å². The second-order valence-corrected chi connectivity index (χ2v) is 10.2. The van der Waals surface area contributed by atoms with Crippen LogP contribution in [0.25, 0.3) is 0 Å². The third-order valence-electron chi connectivity index (χ3n) is 5.69. The number of carboxylic acid groups (broad SMARTS) is 1. The number of esters is 1. The normalized spacial score (nSPS) is 12.6. The van der Waals surface area contributed by atoms with Crippen LogP contribution in [0.2, 0.25) is 0 Å². The Balaban J connectivity index is 3.53. The predicted octanol–water partition coefficient (Wildman–Crippen LogP) is 6.73. The van der Waals surface area contributed by atoms with Crippen LogP contribution in [0.15, 0.2) is 0 Å². The van der Waals surface area contributed by atoms with Gasteiger partial charge in [-0.1, -0.05) is 103 Å². The minimum atomic E-state index is -0.923. The van der Waals surface area contributed by atoms with Crippen molar-refractivity contribution in [3.05, 3.63) is 0 Å². The molecule has 31 heavy (non-hydrogen) atoms. The van der Waals surface area contributed by atoms with Crippen molar-refractivity contribution >= 4 is 11.9 Å². The summed E-state index contributed by atoms with van der Waals surface area (Å²) in [5.41, 5.74) is 0. The van der Waals surface area contributed by atoms with E-state index < -0.39 is 12.1 Å². The lowest BCUT2D eigenvalue weighted by molar-refractivity contribution is -0.873. The van der Waals surface area contributed by atoms with Crippen molar-refractivity contribution in [2.45, 2.75) is 129 Å². The first-order chi connectivity index (χ1) is 14.7. The summed E-state index contributed by atoms with van der Waals surface area (Å²) in [6, 6.07) is 0. The number of ether oxygens (including phenoxy) is 1. The summed E-state index contributed by atoms with van der Waals surface area (Å²) < 4.78 is 6.00. The van der Waals surface area contributed by atoms with Crippen LogP contribution < -0.4 is 0 Å². The highest BCUT2D eigenvalue weighted by molar-refractivity contribution is 5.71. The van der Waals surface area contributed by atoms with Gasteiger partial charge in [0.1, 0.15) is 6.54 Å². The highest BCUT2D eigenvalue weighted by Crippen LogP contribution is 2.14. The van der Waals surface area contributed by atoms with E-state index >= 15 is 0 Å². The summed E-state index contributed by atoms with van der Waals surface area (Å²) in [5.74, 6) is -1.18. The summed E-state index contributed by atoms with van der Waals surface area (Å²) >= 11 is 0. The van der Waals surface area contributed by atoms with Gasteiger partial charge in [-0.05, 0) is 6.42 Å². The van der Waals surface area contributed by atoms with Crippen molar-refractivity contribution in [2.24, 2.45) is 0 Å². The van der Waals surface area contributed by atoms with Gasteiger partial charge in [0.2, 0.25) is 0 Å². The molecule has 0 aromatic heterocycles. The molecule has 0 rings (SSSR count). The molecule has 0 saturated carbocycles. The molecule has 1 unspecified atom stereocenters. The Morgan fingerprint density at radius 3 is 1.45 bits per heavy atom. The summed E-state index contributed by atoms with van der Waals surface area (Å²) in [5, 5.41) is 9.02. The zero-order valence-electron chi connectivity index (χ0n) is 21.1. The van der Waals surface area contributed by atoms with Gasteiger partial charge in [-0.2, -0.15) is 0 Å². The van der Waals surface area contributed by atoms with Crippen LogP contribution in [0.4, 0.5) is 0 Å². The maximum atomic E-state index is 12.0. The number of nitrogens with zero attached hydrogens (tertiary/aromatic N) is 1. The Morgan fingerprint density at radius 1 is 0.710 bits per heavy atom. The minimum Gasteiger partial charge on any atom is -0.481 e. The average Bonchev–Trinajstić information content (AvgIpc) is 2.65. The number of rotatable bonds is 22. The Hall–Kier alpha value is -1.10. The second-order valence-electron chi connectivity index (χ2n) is 10.2. The zero-order chi connectivity index (χ0) is 23.4. The molecule has 0 aliphatic rings. The molecule has 0 heterocycles. The summed E-state index contributed by atoms with van der Waals surface area (Å²) in [7, 11) is 5.91. The van der Waals surface area contributed by atoms with Crippen molar-refractivity contribution < 1.29 is 23.9 Å². The minimum absolute atomic E-state index is 0.125. The lowest BCUT2D eigenvalue weighted by atomic mass is 10.0. The van der Waals surface area contributed by atoms with Gasteiger partial charge < -0.3 is 14.3 Å². The van der Waals surface area contributed by atoms with Gasteiger partial charge in [0.25, 0.3) is 0 Å². The molecule has 0 aliphatic heterocycles. The molecule has 0 bridgehead atoms. The first kappa shape index (κ1) is 29.9. The van der Waals surface area contributed by atoms with Crippen LogP contribution >= 0.6 is 0 Å². The standard InChI is InChI=1S/C26H51NO4/c1-5-6-7-8-9-10-11-12-13-14-15-16-17-18-19-20-21-26(30)31-24(22-25(28)29)23-27(2,3)4/h24H,5-23H2,1-4H3/p+1. The van der Waals surface area contributed by atoms with Gasteiger partial charge in [0.05, 0.1) is 27.6 Å². The Bertz CT molecular complexity index is 445. The zero-order valence-corrected chi connectivity index (χ0v) is 21.1. The molecule has 184 valence electrons. The van der Waals surface area contributed by atoms with Crippen molar-refractivity contribution in [2.75, 3.05) is 27.7 Å². The molecule has 0 spiro atoms. The van der Waals surface area contributed by atoms with E-state index in [-0.39, 0.29) is 12.4 Å². The molecular weight excluding hydrogens is 390 g/mol. The largest absolute Gasteiger partial charge is 0.481 e. The van der Waals surface area contributed by atoms with E-state index in [1.165, 1.54) is 89.9 Å². The first-order valence-electron chi connectivity index (χ1n) is 13.0. The topological polar surface area (TPSA) is 63.6 Å². The van der Waals surface area contributed by atoms with Crippen molar-refractivity contribution in [1.82, 2.24) is 0 Å². The number of aliphatic carboxylic acids is 1. The van der Waals surface area contributed by atoms with Crippen molar-refractivity contribution in [3.63, 3.8) is 0 Å². The molecule has 5 nitrogen and oxygen atoms in total. The van der Waals surface area contributed by atoms with Gasteiger partial charge in [-0.25, -0.2) is 0 Å². The fraction of sp³-hybridized carbons (Fsp3) is 0.923. The van der Waals surface area contributed by atoms with E-state index in [0.29, 0.717) is 17.4 Å². The number of likely N-dealkylation sites (N-methyl/N-ethyl adjacent to an activating group) is 1. The van der Waals surface area contributed by atoms with Gasteiger partial charge in [0.15, 0.2) is 6.10 Å². The molecule has 0 amide bonds. The van der Waals surface area contributed by atoms with Crippen molar-refractivity contribution in [1.29, 1.82) is 0 Å². The molecule has 0 aromatic carbocycles. The van der Waals surface area contributed by atoms with Crippen LogP contribution in [0.3, 0.4) is 0 Å². The highest BCUT2D eigenvalue weighted by Gasteiger charge is 2.24. The fourth-order valence-electron chi connectivity index (χ4n) is 4.01. The maximum absolute atomic E-state index is 12.0. The van der Waals surface area contributed by atoms with E-state index in [0.717, 1.165) is 12.8 Å². The lowest BCUT2D eigenvalue weighted by Crippen LogP contribution is -2.43. The van der Waals surface area contributed by atoms with E-state index in [2.05, 4.69) is 6.92 Å². The van der Waals surface area contributed by atoms with E-state index in [1.54, 1.807) is 0 Å². The van der Waals surface area contributed by atoms with Crippen LogP contribution in [0.1, 0.15) is 122 Å². The smallest absolute Gasteiger partial charge is 0.307 e. The van der Waals surface area contributed by atoms with E-state index in [1.807, 2.05) is 21.1 Å². The quantitative estimate of drug-likeness (QED) is 0.115. The number of hydrogen-bond acceptors (Lipinski definition) is 3. The maximum Gasteiger partial charge on any atom is 0.307 e. The molecule has 5 heteroatoms. The molecular formula is C26H52NO4+. The second kappa shape index (κ2) is 19.6. The molecule has 0 aromatic rings. The number of hydrogen-bond donors (Lipinski definition) is 1. The Kier molecular flexibility index (Phi) is 18.9. The fourth-order valence-corrected chi connectivity index (χ4v) is 4.01. The number of carbonyl (C=O) groups is 2. The summed E-state index contributed by atoms with van der Waals surface area (Å²) in [4.78, 5) is 23.0. The van der Waals surface area contributed by atoms with E-state index in [9.17, 15) is 9.59 Å². The third kappa shape index (κ3) is 23.4. The number of unbranched alkanes of at least 4 members (excludes halogenated alkanes) is 15. The number of carbonyl (C=O) groups excluding carboxylic acids is 1. The van der Waals surface area contributed by atoms with Crippen LogP contribution in [-0.2, 0) is 14.3 Å². The first-order valence-corrected chi connectivity index (χ1v) is 13.0. The summed E-state index contributed by atoms with van der Waals surface area (Å²) in [6.07, 6.45) is 20.6. The average molecular weight is 443 g/mol. The van der Waals surface area contributed by atoms with E-state index in [4.69, 9.17) is 9.84 Å². The van der Waals surface area contributed by atoms with Crippen LogP contribution in [0.5, 0.6) is 0 Å². The molecule has 1 N–H and O–H groups in total. The number of carboxylic acids is 1. The number of quaternary nitrogens is 1. The monoisotopic (exact) mass is 442 g/mol. The molecule has 0 fully saturated rings. The third-order valence-corrected chi connectivity index (χ3v) is 5.69. The highest BCUT2D eigenvalue weighted by atomic mass is 16.5. The van der Waals surface area contributed by atoms with Gasteiger partial charge in [-0.15, -0.1) is 0 Å². The Morgan fingerprint density at radius 2 is 1.10 bits per heavy atom. The lowest BCUT2D eigenvalue weighted by Gasteiger charge is -2.28. The van der Waals surface area contributed by atoms with Crippen molar-refractivity contribution in [3.8, 4) is 0 Å². The van der Waals surface area contributed by atoms with Crippen LogP contribution in [0, 0.1) is 0 Å². The predicted molar refractivity (Wildman–Crippen MR) is 129 cm³/mol. The summed E-state index contributed by atoms with van der Waals surface area (Å²) in [6.45, 7) is 2.78. The van der Waals surface area contributed by atoms with Gasteiger partial charge in [-0.3, -0.25) is 9.59 Å². The van der Waals surface area contributed by atoms with Crippen LogP contribution in [-0.4, -0.2) is 55.3 Å². The molecule has 0 saturated heterocycles. The Labute approximate surface area is 192 Å². The molecule has 0 radical (unpaired) electrons. The molecule has 0 aliphatic carbocycles. The van der Waals surface area contributed by atoms with Gasteiger partial charge in [0, 0.05) is 6.42 Å². The SMILES string of the molecule is CCCCCCCCCCCCCCCCCCC(=O)OC(CC(=O)O)C[N+](C)(C)C. The molecule has 1 atom stereocenters.